The molecule has 1 aliphatic heterocycles. The van der Waals surface area contributed by atoms with Crippen LogP contribution in [0.5, 0.6) is 5.75 Å². The minimum absolute atomic E-state index is 0.101. The van der Waals surface area contributed by atoms with E-state index in [0.717, 1.165) is 13.1 Å². The lowest BCUT2D eigenvalue weighted by atomic mass is 10.1. The average molecular weight is 452 g/mol. The fourth-order valence-electron chi connectivity index (χ4n) is 3.96. The molecule has 2 aromatic carbocycles. The highest BCUT2D eigenvalue weighted by molar-refractivity contribution is 5.98. The number of aromatic nitrogens is 1. The third-order valence-electron chi connectivity index (χ3n) is 5.70. The molecule has 33 heavy (non-hydrogen) atoms. The number of anilines is 1. The van der Waals surface area contributed by atoms with Gasteiger partial charge in [-0.2, -0.15) is 5.10 Å². The van der Waals surface area contributed by atoms with Crippen molar-refractivity contribution >= 4 is 28.7 Å². The molecule has 0 aliphatic carbocycles. The highest BCUT2D eigenvalue weighted by atomic mass is 19.1. The van der Waals surface area contributed by atoms with Gasteiger partial charge in [-0.05, 0) is 31.2 Å². The Kier molecular flexibility index (Phi) is 6.69. The summed E-state index contributed by atoms with van der Waals surface area (Å²) in [5, 5.41) is 7.36. The predicted octanol–water partition coefficient (Wildman–Crippen LogP) is 2.34. The van der Waals surface area contributed by atoms with Crippen LogP contribution in [0.25, 0.3) is 10.9 Å². The summed E-state index contributed by atoms with van der Waals surface area (Å²) in [5.41, 5.74) is 3.47. The maximum atomic E-state index is 15.0. The van der Waals surface area contributed by atoms with Gasteiger partial charge < -0.3 is 19.5 Å². The van der Waals surface area contributed by atoms with E-state index in [9.17, 15) is 14.0 Å². The van der Waals surface area contributed by atoms with Crippen molar-refractivity contribution < 1.29 is 13.9 Å². The fraction of sp³-hybridized carbons (Fsp3) is 0.292. The Hall–Kier alpha value is -3.72. The molecule has 172 valence electrons. The molecule has 0 unspecified atom stereocenters. The molecule has 1 aliphatic rings. The predicted molar refractivity (Wildman–Crippen MR) is 127 cm³/mol. The molecule has 2 heterocycles. The first-order chi connectivity index (χ1) is 16.0. The molecule has 1 amide bonds. The molecule has 0 spiro atoms. The number of hydrogen-bond donors (Lipinski definition) is 2. The van der Waals surface area contributed by atoms with E-state index in [1.54, 1.807) is 29.9 Å². The first-order valence-corrected chi connectivity index (χ1v) is 10.8. The van der Waals surface area contributed by atoms with Gasteiger partial charge in [0, 0.05) is 49.9 Å². The summed E-state index contributed by atoms with van der Waals surface area (Å²) in [4.78, 5) is 27.8. The van der Waals surface area contributed by atoms with Gasteiger partial charge in [-0.15, -0.1) is 0 Å². The van der Waals surface area contributed by atoms with Crippen LogP contribution in [-0.2, 0) is 6.54 Å². The lowest BCUT2D eigenvalue weighted by Gasteiger charge is -2.30. The Bertz CT molecular complexity index is 1260. The number of piperazine rings is 1. The standard InChI is InChI=1S/C24H26FN5O3/c1-3-29-15-18(24(32)28-27-14-16-6-4-5-7-22(16)33-2)23(31)17-12-19(25)21(13-20(17)29)30-10-8-26-9-11-30/h4-7,12-15,26H,3,8-11H2,1-2H3,(H,28,32)/b27-14+. The van der Waals surface area contributed by atoms with Crippen LogP contribution in [0, 0.1) is 5.82 Å². The molecule has 1 aromatic heterocycles. The summed E-state index contributed by atoms with van der Waals surface area (Å²) < 4.78 is 22.0. The lowest BCUT2D eigenvalue weighted by molar-refractivity contribution is 0.0953. The van der Waals surface area contributed by atoms with E-state index in [4.69, 9.17) is 4.74 Å². The van der Waals surface area contributed by atoms with E-state index in [1.165, 1.54) is 18.5 Å². The monoisotopic (exact) mass is 451 g/mol. The summed E-state index contributed by atoms with van der Waals surface area (Å²) in [5.74, 6) is -0.539. The molecule has 8 nitrogen and oxygen atoms in total. The maximum absolute atomic E-state index is 15.0. The number of rotatable bonds is 6. The normalized spacial score (nSPS) is 14.1. The van der Waals surface area contributed by atoms with E-state index in [0.29, 0.717) is 42.2 Å². The second kappa shape index (κ2) is 9.83. The first-order valence-electron chi connectivity index (χ1n) is 10.8. The lowest BCUT2D eigenvalue weighted by Crippen LogP contribution is -2.43. The summed E-state index contributed by atoms with van der Waals surface area (Å²) in [6.07, 6.45) is 2.94. The Morgan fingerprint density at radius 3 is 2.76 bits per heavy atom. The van der Waals surface area contributed by atoms with Crippen molar-refractivity contribution in [1.82, 2.24) is 15.3 Å². The number of carbonyl (C=O) groups excluding carboxylic acids is 1. The molecule has 9 heteroatoms. The number of pyridine rings is 1. The van der Waals surface area contributed by atoms with E-state index >= 15 is 0 Å². The van der Waals surface area contributed by atoms with Crippen LogP contribution < -0.4 is 25.8 Å². The zero-order chi connectivity index (χ0) is 23.4. The van der Waals surface area contributed by atoms with Crippen LogP contribution in [0.2, 0.25) is 0 Å². The quantitative estimate of drug-likeness (QED) is 0.444. The molecule has 0 radical (unpaired) electrons. The van der Waals surface area contributed by atoms with Gasteiger partial charge in [0.25, 0.3) is 5.91 Å². The van der Waals surface area contributed by atoms with Gasteiger partial charge in [-0.3, -0.25) is 9.59 Å². The molecular weight excluding hydrogens is 425 g/mol. The molecule has 4 rings (SSSR count). The number of amides is 1. The van der Waals surface area contributed by atoms with Gasteiger partial charge >= 0.3 is 0 Å². The fourth-order valence-corrected chi connectivity index (χ4v) is 3.96. The first kappa shape index (κ1) is 22.5. The summed E-state index contributed by atoms with van der Waals surface area (Å²) in [6, 6.07) is 10.1. The van der Waals surface area contributed by atoms with Crippen LogP contribution in [0.4, 0.5) is 10.1 Å². The van der Waals surface area contributed by atoms with Crippen molar-refractivity contribution in [2.45, 2.75) is 13.5 Å². The number of ether oxygens (including phenoxy) is 1. The summed E-state index contributed by atoms with van der Waals surface area (Å²) >= 11 is 0. The Labute approximate surface area is 190 Å². The molecule has 0 bridgehead atoms. The molecular formula is C24H26FN5O3. The smallest absolute Gasteiger partial charge is 0.276 e. The van der Waals surface area contributed by atoms with Crippen LogP contribution in [0.15, 0.2) is 52.5 Å². The Balaban J connectivity index is 1.66. The van der Waals surface area contributed by atoms with Crippen molar-refractivity contribution in [2.75, 3.05) is 38.2 Å². The number of aryl methyl sites for hydroxylation is 1. The van der Waals surface area contributed by atoms with Crippen molar-refractivity contribution in [2.24, 2.45) is 5.10 Å². The zero-order valence-electron chi connectivity index (χ0n) is 18.6. The van der Waals surface area contributed by atoms with Gasteiger partial charge in [-0.1, -0.05) is 12.1 Å². The topological polar surface area (TPSA) is 88.0 Å². The number of nitrogens with zero attached hydrogens (tertiary/aromatic N) is 3. The van der Waals surface area contributed by atoms with Gasteiger partial charge in [0.05, 0.1) is 24.5 Å². The Morgan fingerprint density at radius 1 is 1.27 bits per heavy atom. The number of carbonyl (C=O) groups is 1. The highest BCUT2D eigenvalue weighted by Crippen LogP contribution is 2.25. The van der Waals surface area contributed by atoms with Crippen LogP contribution in [0.1, 0.15) is 22.8 Å². The number of hydrazone groups is 1. The maximum Gasteiger partial charge on any atom is 0.276 e. The van der Waals surface area contributed by atoms with E-state index < -0.39 is 17.2 Å². The molecule has 2 N–H and O–H groups in total. The van der Waals surface area contributed by atoms with Crippen LogP contribution in [0.3, 0.4) is 0 Å². The number of hydrogen-bond acceptors (Lipinski definition) is 6. The van der Waals surface area contributed by atoms with E-state index in [1.807, 2.05) is 24.0 Å². The van der Waals surface area contributed by atoms with Crippen molar-refractivity contribution in [1.29, 1.82) is 0 Å². The van der Waals surface area contributed by atoms with Gasteiger partial charge in [0.2, 0.25) is 5.43 Å². The zero-order valence-corrected chi connectivity index (χ0v) is 18.6. The number of fused-ring (bicyclic) bond motifs is 1. The Morgan fingerprint density at radius 2 is 2.03 bits per heavy atom. The second-order valence-electron chi connectivity index (χ2n) is 7.66. The molecule has 0 saturated carbocycles. The third-order valence-corrected chi connectivity index (χ3v) is 5.70. The SMILES string of the molecule is CCn1cc(C(=O)N/N=C/c2ccccc2OC)c(=O)c2cc(F)c(N3CCNCC3)cc21. The third kappa shape index (κ3) is 4.58. The summed E-state index contributed by atoms with van der Waals surface area (Å²) in [6.45, 7) is 5.32. The van der Waals surface area contributed by atoms with Crippen LogP contribution >= 0.6 is 0 Å². The molecule has 0 atom stereocenters. The number of methoxy groups -OCH3 is 1. The van der Waals surface area contributed by atoms with Gasteiger partial charge in [0.15, 0.2) is 0 Å². The van der Waals surface area contributed by atoms with Gasteiger partial charge in [0.1, 0.15) is 17.1 Å². The second-order valence-corrected chi connectivity index (χ2v) is 7.66. The number of nitrogens with one attached hydrogen (secondary N) is 2. The van der Waals surface area contributed by atoms with E-state index in [-0.39, 0.29) is 10.9 Å². The van der Waals surface area contributed by atoms with E-state index in [2.05, 4.69) is 15.8 Å². The number of para-hydroxylation sites is 1. The minimum atomic E-state index is -0.665. The van der Waals surface area contributed by atoms with Crippen molar-refractivity contribution in [3.05, 3.63) is 69.8 Å². The number of benzene rings is 2. The molecule has 1 saturated heterocycles. The van der Waals surface area contributed by atoms with Crippen LogP contribution in [-0.4, -0.2) is 50.0 Å². The average Bonchev–Trinajstić information content (AvgIpc) is 2.85. The largest absolute Gasteiger partial charge is 0.496 e. The number of halogens is 1. The molecule has 1 fully saturated rings. The van der Waals surface area contributed by atoms with Gasteiger partial charge in [-0.25, -0.2) is 9.82 Å². The highest BCUT2D eigenvalue weighted by Gasteiger charge is 2.20. The minimum Gasteiger partial charge on any atom is -0.496 e. The van der Waals surface area contributed by atoms with Crippen molar-refractivity contribution in [3.8, 4) is 5.75 Å². The summed E-state index contributed by atoms with van der Waals surface area (Å²) in [7, 11) is 1.54. The molecule has 3 aromatic rings. The van der Waals surface area contributed by atoms with Crippen molar-refractivity contribution in [3.63, 3.8) is 0 Å².